The van der Waals surface area contributed by atoms with Crippen molar-refractivity contribution >= 4 is 5.69 Å². The lowest BCUT2D eigenvalue weighted by Crippen LogP contribution is -1.91. The van der Waals surface area contributed by atoms with E-state index in [9.17, 15) is 4.91 Å². The van der Waals surface area contributed by atoms with Crippen LogP contribution in [-0.4, -0.2) is 15.2 Å². The van der Waals surface area contributed by atoms with Gasteiger partial charge in [-0.15, -0.1) is 0 Å². The lowest BCUT2D eigenvalue weighted by molar-refractivity contribution is -0.729. The van der Waals surface area contributed by atoms with E-state index in [1.165, 1.54) is 12.1 Å². The van der Waals surface area contributed by atoms with E-state index in [1.54, 1.807) is 12.1 Å². The Hall–Kier alpha value is -1.42. The SMILES string of the molecule is O=[N+](O)c1ccc(CO)cc1. The molecule has 1 rings (SSSR count). The highest BCUT2D eigenvalue weighted by molar-refractivity contribution is 5.31. The van der Waals surface area contributed by atoms with Crippen LogP contribution in [0.3, 0.4) is 0 Å². The van der Waals surface area contributed by atoms with Crippen LogP contribution in [0.4, 0.5) is 5.69 Å². The molecule has 0 spiro atoms. The molecule has 0 aliphatic heterocycles. The van der Waals surface area contributed by atoms with Crippen LogP contribution in [0.1, 0.15) is 5.56 Å². The van der Waals surface area contributed by atoms with Gasteiger partial charge in [-0.25, -0.2) is 5.21 Å². The zero-order valence-electron chi connectivity index (χ0n) is 5.77. The van der Waals surface area contributed by atoms with Crippen LogP contribution in [0.5, 0.6) is 0 Å². The third kappa shape index (κ3) is 1.75. The molecule has 0 aromatic heterocycles. The van der Waals surface area contributed by atoms with Gasteiger partial charge in [0.1, 0.15) is 0 Å². The normalized spacial score (nSPS) is 9.55. The van der Waals surface area contributed by atoms with Crippen molar-refractivity contribution in [3.63, 3.8) is 0 Å². The highest BCUT2D eigenvalue weighted by atomic mass is 16.6. The van der Waals surface area contributed by atoms with Crippen molar-refractivity contribution in [2.75, 3.05) is 0 Å². The third-order valence-corrected chi connectivity index (χ3v) is 1.34. The highest BCUT2D eigenvalue weighted by Crippen LogP contribution is 2.10. The molecule has 0 bridgehead atoms. The lowest BCUT2D eigenvalue weighted by atomic mass is 10.2. The molecule has 1 aromatic rings. The second-order valence-electron chi connectivity index (χ2n) is 2.10. The summed E-state index contributed by atoms with van der Waals surface area (Å²) in [6.07, 6.45) is 0. The zero-order valence-corrected chi connectivity index (χ0v) is 5.77. The number of benzene rings is 1. The minimum Gasteiger partial charge on any atom is -0.392 e. The molecule has 0 radical (unpaired) electrons. The van der Waals surface area contributed by atoms with Crippen molar-refractivity contribution in [1.29, 1.82) is 0 Å². The van der Waals surface area contributed by atoms with Crippen molar-refractivity contribution in [3.05, 3.63) is 34.7 Å². The van der Waals surface area contributed by atoms with Gasteiger partial charge in [0.25, 0.3) is 4.92 Å². The molecule has 4 nitrogen and oxygen atoms in total. The summed E-state index contributed by atoms with van der Waals surface area (Å²) in [6, 6.07) is 5.99. The standard InChI is InChI=1S/C7H8NO3/c9-5-6-1-3-7(4-2-6)8(10)11/h1-4,9H,5H2,(H,10,11)/q+1. The fraction of sp³-hybridized carbons (Fsp3) is 0.143. The second-order valence-corrected chi connectivity index (χ2v) is 2.10. The number of nitrogens with zero attached hydrogens (tertiary/aromatic N) is 1. The second kappa shape index (κ2) is 3.12. The van der Waals surface area contributed by atoms with Gasteiger partial charge >= 0.3 is 5.69 Å². The summed E-state index contributed by atoms with van der Waals surface area (Å²) in [5, 5.41) is 17.0. The van der Waals surface area contributed by atoms with E-state index in [0.717, 1.165) is 0 Å². The maximum Gasteiger partial charge on any atom is 0.316 e. The van der Waals surface area contributed by atoms with E-state index in [0.29, 0.717) is 5.56 Å². The van der Waals surface area contributed by atoms with Crippen LogP contribution in [0.25, 0.3) is 0 Å². The smallest absolute Gasteiger partial charge is 0.316 e. The third-order valence-electron chi connectivity index (χ3n) is 1.34. The molecule has 11 heavy (non-hydrogen) atoms. The van der Waals surface area contributed by atoms with Crippen molar-refractivity contribution in [2.45, 2.75) is 6.61 Å². The van der Waals surface area contributed by atoms with Crippen molar-refractivity contribution in [2.24, 2.45) is 0 Å². The quantitative estimate of drug-likeness (QED) is 0.624. The van der Waals surface area contributed by atoms with E-state index < -0.39 is 0 Å². The number of aliphatic hydroxyl groups excluding tert-OH is 1. The van der Waals surface area contributed by atoms with Crippen LogP contribution < -0.4 is 0 Å². The van der Waals surface area contributed by atoms with Crippen LogP contribution in [-0.2, 0) is 6.61 Å². The molecule has 0 unspecified atom stereocenters. The first kappa shape index (κ1) is 7.68. The summed E-state index contributed by atoms with van der Waals surface area (Å²) in [7, 11) is 0. The summed E-state index contributed by atoms with van der Waals surface area (Å²) in [5.41, 5.74) is 0.859. The van der Waals surface area contributed by atoms with Crippen molar-refractivity contribution in [1.82, 2.24) is 0 Å². The first-order valence-corrected chi connectivity index (χ1v) is 3.10. The predicted molar refractivity (Wildman–Crippen MR) is 37.4 cm³/mol. The maximum atomic E-state index is 10.3. The van der Waals surface area contributed by atoms with Gasteiger partial charge in [0.05, 0.1) is 11.5 Å². The molecular formula is C7H8NO3+. The van der Waals surface area contributed by atoms with Gasteiger partial charge in [-0.1, -0.05) is 0 Å². The summed E-state index contributed by atoms with van der Waals surface area (Å²) < 4.78 is 0. The van der Waals surface area contributed by atoms with Gasteiger partial charge in [-0.2, -0.15) is 0 Å². The van der Waals surface area contributed by atoms with Gasteiger partial charge < -0.3 is 5.11 Å². The minimum absolute atomic E-state index is 0.0649. The monoisotopic (exact) mass is 154 g/mol. The van der Waals surface area contributed by atoms with Crippen LogP contribution in [0.2, 0.25) is 0 Å². The van der Waals surface area contributed by atoms with Gasteiger partial charge in [0.15, 0.2) is 0 Å². The maximum absolute atomic E-state index is 10.3. The molecule has 0 fully saturated rings. The average molecular weight is 154 g/mol. The van der Waals surface area contributed by atoms with E-state index in [1.807, 2.05) is 0 Å². The Labute approximate surface area is 63.2 Å². The summed E-state index contributed by atoms with van der Waals surface area (Å²) in [6.45, 7) is -0.0649. The van der Waals surface area contributed by atoms with E-state index in [4.69, 9.17) is 10.3 Å². The van der Waals surface area contributed by atoms with E-state index >= 15 is 0 Å². The molecule has 0 aliphatic rings. The number of rotatable bonds is 2. The number of aliphatic hydroxyl groups is 1. The average Bonchev–Trinajstić information content (AvgIpc) is 2.05. The Bertz CT molecular complexity index is 255. The Morgan fingerprint density at radius 2 is 1.82 bits per heavy atom. The minimum atomic E-state index is -0.221. The van der Waals surface area contributed by atoms with Gasteiger partial charge in [-0.05, 0) is 17.7 Å². The van der Waals surface area contributed by atoms with Crippen molar-refractivity contribution < 1.29 is 15.2 Å². The molecule has 0 heterocycles. The Kier molecular flexibility index (Phi) is 2.18. The molecule has 1 aromatic carbocycles. The van der Waals surface area contributed by atoms with Crippen LogP contribution in [0.15, 0.2) is 24.3 Å². The summed E-state index contributed by atoms with van der Waals surface area (Å²) >= 11 is 0. The fourth-order valence-electron chi connectivity index (χ4n) is 0.729. The predicted octanol–water partition coefficient (Wildman–Crippen LogP) is 0.978. The molecule has 4 heteroatoms. The van der Waals surface area contributed by atoms with Gasteiger partial charge in [-0.3, -0.25) is 0 Å². The number of hydrogen-bond donors (Lipinski definition) is 2. The number of hydrogen-bond acceptors (Lipinski definition) is 2. The Morgan fingerprint density at radius 3 is 2.18 bits per heavy atom. The van der Waals surface area contributed by atoms with E-state index in [2.05, 4.69) is 0 Å². The Morgan fingerprint density at radius 1 is 1.27 bits per heavy atom. The summed E-state index contributed by atoms with van der Waals surface area (Å²) in [5.74, 6) is 0. The van der Waals surface area contributed by atoms with E-state index in [-0.39, 0.29) is 17.2 Å². The molecule has 0 atom stereocenters. The molecule has 58 valence electrons. The largest absolute Gasteiger partial charge is 0.392 e. The van der Waals surface area contributed by atoms with Gasteiger partial charge in [0.2, 0.25) is 0 Å². The fourth-order valence-corrected chi connectivity index (χ4v) is 0.729. The Balaban J connectivity index is 2.91. The first-order valence-electron chi connectivity index (χ1n) is 3.10. The molecule has 0 amide bonds. The first-order chi connectivity index (χ1) is 5.24. The van der Waals surface area contributed by atoms with Crippen molar-refractivity contribution in [3.8, 4) is 0 Å². The van der Waals surface area contributed by atoms with Gasteiger partial charge in [0, 0.05) is 12.1 Å². The molecule has 0 saturated heterocycles. The molecule has 0 saturated carbocycles. The molecule has 0 aliphatic carbocycles. The van der Waals surface area contributed by atoms with Crippen LogP contribution >= 0.6 is 0 Å². The summed E-state index contributed by atoms with van der Waals surface area (Å²) in [4.78, 5) is 10.0. The highest BCUT2D eigenvalue weighted by Gasteiger charge is 2.08. The topological polar surface area (TPSA) is 60.5 Å². The van der Waals surface area contributed by atoms with Crippen LogP contribution in [0, 0.1) is 4.91 Å². The molecule has 2 N–H and O–H groups in total. The molecular weight excluding hydrogens is 146 g/mol. The zero-order chi connectivity index (χ0) is 8.27. The lowest BCUT2D eigenvalue weighted by Gasteiger charge is -1.90.